The van der Waals surface area contributed by atoms with Crippen LogP contribution in [0.3, 0.4) is 0 Å². The zero-order valence-corrected chi connectivity index (χ0v) is 28.9. The molecule has 0 aliphatic carbocycles. The molecule has 0 bridgehead atoms. The van der Waals surface area contributed by atoms with E-state index in [1.165, 1.54) is 21.5 Å². The number of pyridine rings is 4. The number of fused-ring (bicyclic) bond motifs is 4. The van der Waals surface area contributed by atoms with Crippen molar-refractivity contribution in [2.24, 2.45) is 0 Å². The van der Waals surface area contributed by atoms with Crippen LogP contribution in [-0.2, 0) is 26.2 Å². The molecule has 0 saturated carbocycles. The lowest BCUT2D eigenvalue weighted by atomic mass is 10.1. The van der Waals surface area contributed by atoms with Gasteiger partial charge in [0.2, 0.25) is 0 Å². The molecule has 6 heteroatoms. The van der Waals surface area contributed by atoms with Crippen LogP contribution >= 0.6 is 0 Å². The Labute approximate surface area is 299 Å². The number of hydrogen-bond donors (Lipinski definition) is 0. The standard InChI is InChI=1S/C45H42N6/c1(10-28-50(30-38-24-20-34-12-2-6-16-42(34)46-38)31-39-25-21-35-13-3-7-17-43(35)47-39)11-29-51(32-40-26-22-36-14-4-8-18-44(36)48-40)33-41-27-23-37-15-5-9-19-45(37)49-41/h2-9,12-27H,1,10-11,28-33H2. The molecule has 0 atom stereocenters. The summed E-state index contributed by atoms with van der Waals surface area (Å²) in [6, 6.07) is 50.8. The minimum absolute atomic E-state index is 0.784. The van der Waals surface area contributed by atoms with Gasteiger partial charge in [-0.05, 0) is 74.5 Å². The first-order valence-electron chi connectivity index (χ1n) is 18.1. The quantitative estimate of drug-likeness (QED) is 0.108. The van der Waals surface area contributed by atoms with Crippen molar-refractivity contribution in [1.29, 1.82) is 0 Å². The van der Waals surface area contributed by atoms with E-state index >= 15 is 0 Å². The van der Waals surface area contributed by atoms with Gasteiger partial charge in [0, 0.05) is 47.7 Å². The topological polar surface area (TPSA) is 58.0 Å². The van der Waals surface area contributed by atoms with Gasteiger partial charge in [0.15, 0.2) is 0 Å². The van der Waals surface area contributed by atoms with E-state index in [4.69, 9.17) is 19.9 Å². The summed E-state index contributed by atoms with van der Waals surface area (Å²) in [5, 5.41) is 4.69. The van der Waals surface area contributed by atoms with Gasteiger partial charge < -0.3 is 0 Å². The zero-order valence-electron chi connectivity index (χ0n) is 28.9. The van der Waals surface area contributed by atoms with Gasteiger partial charge in [0.25, 0.3) is 0 Å². The summed E-state index contributed by atoms with van der Waals surface area (Å²) in [7, 11) is 0. The maximum absolute atomic E-state index is 5.01. The van der Waals surface area contributed by atoms with Gasteiger partial charge in [-0.3, -0.25) is 29.7 Å². The molecule has 252 valence electrons. The number of benzene rings is 4. The summed E-state index contributed by atoms with van der Waals surface area (Å²) < 4.78 is 0. The predicted octanol–water partition coefficient (Wildman–Crippen LogP) is 9.75. The average molecular weight is 667 g/mol. The summed E-state index contributed by atoms with van der Waals surface area (Å²) in [6.07, 6.45) is 3.31. The van der Waals surface area contributed by atoms with Gasteiger partial charge in [-0.1, -0.05) is 103 Å². The Kier molecular flexibility index (Phi) is 9.95. The van der Waals surface area contributed by atoms with Crippen LogP contribution in [0, 0.1) is 0 Å². The number of aromatic nitrogens is 4. The van der Waals surface area contributed by atoms with Crippen molar-refractivity contribution >= 4 is 43.6 Å². The van der Waals surface area contributed by atoms with Crippen LogP contribution in [0.1, 0.15) is 42.0 Å². The summed E-state index contributed by atoms with van der Waals surface area (Å²) in [5.41, 5.74) is 8.53. The van der Waals surface area contributed by atoms with Crippen LogP contribution in [0.4, 0.5) is 0 Å². The SMILES string of the molecule is c1ccc2nc(CN(CCCCCN(Cc3ccc4ccccc4n3)Cc3ccc4ccccc4n3)Cc3ccc4ccccc4n3)ccc2c1. The third-order valence-corrected chi connectivity index (χ3v) is 9.62. The average Bonchev–Trinajstić information content (AvgIpc) is 3.17. The van der Waals surface area contributed by atoms with E-state index in [1.807, 2.05) is 0 Å². The lowest BCUT2D eigenvalue weighted by molar-refractivity contribution is 0.228. The molecule has 0 radical (unpaired) electrons. The second-order valence-electron chi connectivity index (χ2n) is 13.5. The molecule has 0 amide bonds. The third kappa shape index (κ3) is 8.26. The Morgan fingerprint density at radius 2 is 0.569 bits per heavy atom. The van der Waals surface area contributed by atoms with Crippen molar-refractivity contribution in [3.8, 4) is 0 Å². The fraction of sp³-hybridized carbons (Fsp3) is 0.200. The van der Waals surface area contributed by atoms with Gasteiger partial charge in [-0.25, -0.2) is 0 Å². The van der Waals surface area contributed by atoms with Crippen LogP contribution in [0.15, 0.2) is 146 Å². The molecule has 0 aliphatic heterocycles. The molecule has 4 heterocycles. The molecule has 4 aromatic carbocycles. The predicted molar refractivity (Wildman–Crippen MR) is 209 cm³/mol. The van der Waals surface area contributed by atoms with Crippen molar-refractivity contribution < 1.29 is 0 Å². The van der Waals surface area contributed by atoms with E-state index in [-0.39, 0.29) is 0 Å². The lowest BCUT2D eigenvalue weighted by Crippen LogP contribution is -2.26. The molecule has 0 aliphatic rings. The normalized spacial score (nSPS) is 11.8. The maximum atomic E-state index is 5.01. The zero-order chi connectivity index (χ0) is 34.2. The van der Waals surface area contributed by atoms with E-state index < -0.39 is 0 Å². The number of hydrogen-bond acceptors (Lipinski definition) is 6. The summed E-state index contributed by atoms with van der Waals surface area (Å²) in [5.74, 6) is 0. The Morgan fingerprint density at radius 3 is 0.863 bits per heavy atom. The molecule has 6 nitrogen and oxygen atoms in total. The van der Waals surface area contributed by atoms with Gasteiger partial charge in [-0.15, -0.1) is 0 Å². The summed E-state index contributed by atoms with van der Waals surface area (Å²) >= 11 is 0. The Hall–Kier alpha value is -5.56. The first-order valence-corrected chi connectivity index (χ1v) is 18.1. The molecule has 0 saturated heterocycles. The first kappa shape index (κ1) is 32.6. The van der Waals surface area contributed by atoms with E-state index in [0.717, 1.165) is 103 Å². The highest BCUT2D eigenvalue weighted by atomic mass is 15.1. The maximum Gasteiger partial charge on any atom is 0.0705 e. The first-order chi connectivity index (χ1) is 25.2. The molecule has 51 heavy (non-hydrogen) atoms. The van der Waals surface area contributed by atoms with Crippen molar-refractivity contribution in [2.75, 3.05) is 13.1 Å². The Morgan fingerprint density at radius 1 is 0.294 bits per heavy atom. The third-order valence-electron chi connectivity index (χ3n) is 9.62. The van der Waals surface area contributed by atoms with Crippen LogP contribution < -0.4 is 0 Å². The number of nitrogens with zero attached hydrogens (tertiary/aromatic N) is 6. The second kappa shape index (κ2) is 15.5. The fourth-order valence-electron chi connectivity index (χ4n) is 6.98. The highest BCUT2D eigenvalue weighted by Crippen LogP contribution is 2.20. The van der Waals surface area contributed by atoms with Crippen molar-refractivity contribution in [3.05, 3.63) is 168 Å². The number of unbranched alkanes of at least 4 members (excludes halogenated alkanes) is 2. The van der Waals surface area contributed by atoms with E-state index in [1.54, 1.807) is 0 Å². The fourth-order valence-corrected chi connectivity index (χ4v) is 6.98. The number of rotatable bonds is 14. The smallest absolute Gasteiger partial charge is 0.0705 e. The summed E-state index contributed by atoms with van der Waals surface area (Å²) in [4.78, 5) is 25.1. The Balaban J connectivity index is 0.950. The number of para-hydroxylation sites is 4. The molecule has 4 aromatic heterocycles. The molecule has 0 fully saturated rings. The lowest BCUT2D eigenvalue weighted by Gasteiger charge is -2.24. The summed E-state index contributed by atoms with van der Waals surface area (Å²) in [6.45, 7) is 5.09. The van der Waals surface area contributed by atoms with Gasteiger partial charge in [0.05, 0.1) is 44.8 Å². The monoisotopic (exact) mass is 666 g/mol. The van der Waals surface area contributed by atoms with Gasteiger partial charge >= 0.3 is 0 Å². The minimum atomic E-state index is 0.784. The van der Waals surface area contributed by atoms with Crippen LogP contribution in [0.25, 0.3) is 43.6 Å². The van der Waals surface area contributed by atoms with Gasteiger partial charge in [0.1, 0.15) is 0 Å². The molecule has 8 aromatic rings. The molecule has 8 rings (SSSR count). The van der Waals surface area contributed by atoms with E-state index in [9.17, 15) is 0 Å². The Bertz CT molecular complexity index is 2070. The highest BCUT2D eigenvalue weighted by Gasteiger charge is 2.13. The van der Waals surface area contributed by atoms with Gasteiger partial charge in [-0.2, -0.15) is 0 Å². The van der Waals surface area contributed by atoms with Crippen LogP contribution in [0.5, 0.6) is 0 Å². The molecular weight excluding hydrogens is 625 g/mol. The van der Waals surface area contributed by atoms with E-state index in [0.29, 0.717) is 0 Å². The van der Waals surface area contributed by atoms with Crippen molar-refractivity contribution in [1.82, 2.24) is 29.7 Å². The molecule has 0 spiro atoms. The van der Waals surface area contributed by atoms with Crippen molar-refractivity contribution in [3.63, 3.8) is 0 Å². The van der Waals surface area contributed by atoms with Crippen LogP contribution in [-0.4, -0.2) is 42.8 Å². The minimum Gasteiger partial charge on any atom is -0.292 e. The molecule has 0 N–H and O–H groups in total. The second-order valence-corrected chi connectivity index (χ2v) is 13.5. The van der Waals surface area contributed by atoms with Crippen molar-refractivity contribution in [2.45, 2.75) is 45.4 Å². The van der Waals surface area contributed by atoms with E-state index in [2.05, 4.69) is 155 Å². The van der Waals surface area contributed by atoms with Crippen LogP contribution in [0.2, 0.25) is 0 Å². The largest absolute Gasteiger partial charge is 0.292 e. The highest BCUT2D eigenvalue weighted by molar-refractivity contribution is 5.80. The molecular formula is C45H42N6. The molecule has 0 unspecified atom stereocenters.